The molecule has 0 aliphatic carbocycles. The van der Waals surface area contributed by atoms with Crippen molar-refractivity contribution in [1.29, 1.82) is 0 Å². The predicted octanol–water partition coefficient (Wildman–Crippen LogP) is 17.2. The fourth-order valence-electron chi connectivity index (χ4n) is 10.4. The van der Waals surface area contributed by atoms with E-state index in [4.69, 9.17) is 0 Å². The van der Waals surface area contributed by atoms with Crippen molar-refractivity contribution in [2.75, 3.05) is 4.90 Å². The second-order valence-electron chi connectivity index (χ2n) is 19.1. The molecule has 0 saturated heterocycles. The molecule has 2 nitrogen and oxygen atoms in total. The number of halogens is 1. The lowest BCUT2D eigenvalue weighted by molar-refractivity contribution is 0.596. The first-order valence-corrected chi connectivity index (χ1v) is 22.1. The van der Waals surface area contributed by atoms with Crippen LogP contribution in [0.3, 0.4) is 0 Å². The van der Waals surface area contributed by atoms with Gasteiger partial charge in [-0.2, -0.15) is 0 Å². The summed E-state index contributed by atoms with van der Waals surface area (Å²) < 4.78 is 20.3. The van der Waals surface area contributed by atoms with Gasteiger partial charge >= 0.3 is 0 Å². The summed E-state index contributed by atoms with van der Waals surface area (Å²) in [6.07, 6.45) is 0. The molecule has 63 heavy (non-hydrogen) atoms. The van der Waals surface area contributed by atoms with Gasteiger partial charge in [0.15, 0.2) is 0 Å². The van der Waals surface area contributed by atoms with Crippen molar-refractivity contribution < 1.29 is 4.39 Å². The number of rotatable bonds is 6. The summed E-state index contributed by atoms with van der Waals surface area (Å²) in [6, 6.07) is 66.0. The van der Waals surface area contributed by atoms with Crippen LogP contribution >= 0.6 is 0 Å². The van der Waals surface area contributed by atoms with Gasteiger partial charge in [-0.05, 0) is 114 Å². The first-order valence-electron chi connectivity index (χ1n) is 22.1. The summed E-state index contributed by atoms with van der Waals surface area (Å²) in [5.74, 6) is -0.285. The molecular formula is C60H49FN2. The van der Waals surface area contributed by atoms with E-state index in [1.807, 2.05) is 42.5 Å². The molecule has 0 fully saturated rings. The van der Waals surface area contributed by atoms with Gasteiger partial charge in [-0.1, -0.05) is 181 Å². The smallest absolute Gasteiger partial charge is 0.148 e. The maximum Gasteiger partial charge on any atom is 0.148 e. The second kappa shape index (κ2) is 14.4. The molecule has 0 N–H and O–H groups in total. The number of benzene rings is 10. The molecular weight excluding hydrogens is 768 g/mol. The molecule has 0 aliphatic rings. The Kier molecular flexibility index (Phi) is 8.86. The Morgan fingerprint density at radius 1 is 0.444 bits per heavy atom. The monoisotopic (exact) mass is 816 g/mol. The van der Waals surface area contributed by atoms with Crippen LogP contribution in [0.4, 0.5) is 21.5 Å². The molecule has 1 aromatic heterocycles. The Morgan fingerprint density at radius 3 is 1.67 bits per heavy atom. The molecule has 0 radical (unpaired) electrons. The normalized spacial score (nSPS) is 12.4. The fourth-order valence-corrected chi connectivity index (χ4v) is 10.4. The molecule has 1 heterocycles. The van der Waals surface area contributed by atoms with Gasteiger partial charge in [-0.25, -0.2) is 4.39 Å². The van der Waals surface area contributed by atoms with Gasteiger partial charge in [-0.15, -0.1) is 0 Å². The number of para-hydroxylation sites is 3. The van der Waals surface area contributed by atoms with Crippen LogP contribution in [-0.2, 0) is 10.8 Å². The standard InChI is InChI=1S/C60H49FN2/c1-59(2,3)49-37-52(63(42-27-17-10-18-28-42)57-48(39-23-13-8-14-24-39)35-40(36-50(57)61)38-21-11-7-12-22-38)45-32-34-47-54-46(33-31-43(49)53(45)54)55-44-29-19-20-30-51(44)62(41-25-15-9-16-26-41)58(55)56(47)60(4,5)6/h7-37H,1-6H3. The lowest BCUT2D eigenvalue weighted by Gasteiger charge is -2.33. The van der Waals surface area contributed by atoms with Gasteiger partial charge in [0.05, 0.1) is 22.4 Å². The molecule has 10 aromatic carbocycles. The van der Waals surface area contributed by atoms with Crippen LogP contribution in [0.25, 0.3) is 82.1 Å². The number of hydrogen-bond donors (Lipinski definition) is 0. The molecule has 0 bridgehead atoms. The predicted molar refractivity (Wildman–Crippen MR) is 267 cm³/mol. The Morgan fingerprint density at radius 2 is 1.00 bits per heavy atom. The summed E-state index contributed by atoms with van der Waals surface area (Å²) in [5, 5.41) is 9.73. The number of fused-ring (bicyclic) bond motifs is 4. The molecule has 306 valence electrons. The largest absolute Gasteiger partial charge is 0.309 e. The maximum atomic E-state index is 17.8. The Hall–Kier alpha value is -7.23. The minimum atomic E-state index is -0.285. The van der Waals surface area contributed by atoms with Crippen LogP contribution in [0.2, 0.25) is 0 Å². The van der Waals surface area contributed by atoms with E-state index < -0.39 is 0 Å². The molecule has 0 spiro atoms. The van der Waals surface area contributed by atoms with E-state index in [2.05, 4.69) is 191 Å². The molecule has 0 aliphatic heterocycles. The molecule has 0 saturated carbocycles. The topological polar surface area (TPSA) is 8.17 Å². The van der Waals surface area contributed by atoms with E-state index >= 15 is 4.39 Å². The van der Waals surface area contributed by atoms with Crippen molar-refractivity contribution in [3.05, 3.63) is 205 Å². The highest BCUT2D eigenvalue weighted by molar-refractivity contribution is 6.36. The van der Waals surface area contributed by atoms with Crippen molar-refractivity contribution in [1.82, 2.24) is 4.57 Å². The highest BCUT2D eigenvalue weighted by atomic mass is 19.1. The number of nitrogens with zero attached hydrogens (tertiary/aromatic N) is 2. The highest BCUT2D eigenvalue weighted by Crippen LogP contribution is 2.54. The van der Waals surface area contributed by atoms with Crippen LogP contribution in [0, 0.1) is 5.82 Å². The lowest BCUT2D eigenvalue weighted by Crippen LogP contribution is -2.18. The Labute approximate surface area is 368 Å². The zero-order chi connectivity index (χ0) is 43.2. The summed E-state index contributed by atoms with van der Waals surface area (Å²) in [7, 11) is 0. The maximum absolute atomic E-state index is 17.8. The van der Waals surface area contributed by atoms with E-state index in [0.29, 0.717) is 5.69 Å². The third kappa shape index (κ3) is 6.13. The minimum absolute atomic E-state index is 0.221. The Bertz CT molecular complexity index is 3500. The third-order valence-corrected chi connectivity index (χ3v) is 13.0. The highest BCUT2D eigenvalue weighted by Gasteiger charge is 2.32. The SMILES string of the molecule is CC(C)(C)c1cc(N(c2ccccc2)c2c(F)cc(-c3ccccc3)cc2-c2ccccc2)c2ccc3c(C(C)(C)C)c4c(c5ccc1c2c35)c1ccccc1n4-c1ccccc1. The van der Waals surface area contributed by atoms with Crippen molar-refractivity contribution in [2.45, 2.75) is 52.4 Å². The first kappa shape index (κ1) is 38.7. The summed E-state index contributed by atoms with van der Waals surface area (Å²) >= 11 is 0. The second-order valence-corrected chi connectivity index (χ2v) is 19.1. The van der Waals surface area contributed by atoms with Crippen LogP contribution in [-0.4, -0.2) is 4.57 Å². The van der Waals surface area contributed by atoms with Gasteiger partial charge in [0.2, 0.25) is 0 Å². The van der Waals surface area contributed by atoms with Crippen molar-refractivity contribution >= 4 is 71.2 Å². The van der Waals surface area contributed by atoms with Crippen molar-refractivity contribution in [3.8, 4) is 27.9 Å². The van der Waals surface area contributed by atoms with Gasteiger partial charge in [0.25, 0.3) is 0 Å². The van der Waals surface area contributed by atoms with Gasteiger partial charge in [0.1, 0.15) is 5.82 Å². The quantitative estimate of drug-likeness (QED) is 0.152. The van der Waals surface area contributed by atoms with Gasteiger partial charge in [0, 0.05) is 33.1 Å². The van der Waals surface area contributed by atoms with E-state index in [-0.39, 0.29) is 16.6 Å². The van der Waals surface area contributed by atoms with Crippen molar-refractivity contribution in [2.24, 2.45) is 0 Å². The average molecular weight is 817 g/mol. The van der Waals surface area contributed by atoms with Gasteiger partial charge in [-0.3, -0.25) is 0 Å². The third-order valence-electron chi connectivity index (χ3n) is 13.0. The minimum Gasteiger partial charge on any atom is -0.309 e. The first-order chi connectivity index (χ1) is 30.5. The van der Waals surface area contributed by atoms with E-state index in [0.717, 1.165) is 44.7 Å². The summed E-state index contributed by atoms with van der Waals surface area (Å²) in [6.45, 7) is 13.9. The van der Waals surface area contributed by atoms with E-state index in [1.165, 1.54) is 59.9 Å². The average Bonchev–Trinajstić information content (AvgIpc) is 3.63. The molecule has 11 rings (SSSR count). The molecule has 0 amide bonds. The van der Waals surface area contributed by atoms with Crippen LogP contribution in [0.5, 0.6) is 0 Å². The fraction of sp³-hybridized carbons (Fsp3) is 0.133. The molecule has 0 unspecified atom stereocenters. The number of anilines is 3. The zero-order valence-corrected chi connectivity index (χ0v) is 36.7. The molecule has 0 atom stereocenters. The van der Waals surface area contributed by atoms with Crippen LogP contribution < -0.4 is 4.90 Å². The lowest BCUT2D eigenvalue weighted by atomic mass is 9.76. The van der Waals surface area contributed by atoms with Crippen LogP contribution in [0.1, 0.15) is 52.7 Å². The van der Waals surface area contributed by atoms with Gasteiger partial charge < -0.3 is 9.47 Å². The summed E-state index contributed by atoms with van der Waals surface area (Å²) in [4.78, 5) is 2.19. The number of hydrogen-bond acceptors (Lipinski definition) is 1. The van der Waals surface area contributed by atoms with E-state index in [1.54, 1.807) is 6.07 Å². The molecule has 3 heteroatoms. The Balaban J connectivity index is 1.33. The van der Waals surface area contributed by atoms with Crippen LogP contribution in [0.15, 0.2) is 188 Å². The van der Waals surface area contributed by atoms with E-state index in [9.17, 15) is 0 Å². The summed E-state index contributed by atoms with van der Waals surface area (Å²) in [5.41, 5.74) is 11.6. The zero-order valence-electron chi connectivity index (χ0n) is 36.7. The number of aromatic nitrogens is 1. The van der Waals surface area contributed by atoms with Crippen molar-refractivity contribution in [3.63, 3.8) is 0 Å². The molecule has 11 aromatic rings.